The fourth-order valence-corrected chi connectivity index (χ4v) is 2.87. The van der Waals surface area contributed by atoms with E-state index in [0.29, 0.717) is 0 Å². The largest absolute Gasteiger partial charge is 0.371 e. The van der Waals surface area contributed by atoms with Gasteiger partial charge in [-0.15, -0.1) is 0 Å². The zero-order valence-corrected chi connectivity index (χ0v) is 8.95. The molecule has 2 heterocycles. The summed E-state index contributed by atoms with van der Waals surface area (Å²) in [5.74, 6) is 1.70. The van der Waals surface area contributed by atoms with E-state index in [2.05, 4.69) is 41.4 Å². The molecular weight excluding hydrogens is 184 g/mol. The summed E-state index contributed by atoms with van der Waals surface area (Å²) in [7, 11) is 0. The van der Waals surface area contributed by atoms with Crippen LogP contribution in [-0.2, 0) is 0 Å². The van der Waals surface area contributed by atoms with Crippen molar-refractivity contribution < 1.29 is 0 Å². The molecule has 0 spiro atoms. The molecule has 3 rings (SSSR count). The first-order chi connectivity index (χ1) is 7.34. The van der Waals surface area contributed by atoms with Crippen LogP contribution in [0.15, 0.2) is 24.3 Å². The Bertz CT molecular complexity index is 349. The van der Waals surface area contributed by atoms with Crippen LogP contribution in [0.3, 0.4) is 0 Å². The lowest BCUT2D eigenvalue weighted by Gasteiger charge is -2.21. The van der Waals surface area contributed by atoms with Gasteiger partial charge in [0.1, 0.15) is 0 Å². The number of nitrogens with zero attached hydrogens (tertiary/aromatic N) is 1. The Kier molecular flexibility index (Phi) is 2.17. The Balaban J connectivity index is 1.82. The maximum absolute atomic E-state index is 4.10. The molecular formula is C13H17N2. The highest BCUT2D eigenvalue weighted by atomic mass is 15.2. The van der Waals surface area contributed by atoms with E-state index in [9.17, 15) is 0 Å². The van der Waals surface area contributed by atoms with Crippen molar-refractivity contribution in [1.29, 1.82) is 0 Å². The van der Waals surface area contributed by atoms with Gasteiger partial charge < -0.3 is 10.2 Å². The first-order valence-electron chi connectivity index (χ1n) is 5.71. The van der Waals surface area contributed by atoms with Gasteiger partial charge in [-0.05, 0) is 30.4 Å². The van der Waals surface area contributed by atoms with Crippen molar-refractivity contribution in [2.24, 2.45) is 11.8 Å². The van der Waals surface area contributed by atoms with Gasteiger partial charge in [-0.1, -0.05) is 18.2 Å². The van der Waals surface area contributed by atoms with Crippen LogP contribution < -0.4 is 10.2 Å². The van der Waals surface area contributed by atoms with Crippen LogP contribution in [0.2, 0.25) is 0 Å². The summed E-state index contributed by atoms with van der Waals surface area (Å²) < 4.78 is 0. The second kappa shape index (κ2) is 3.53. The van der Waals surface area contributed by atoms with Crippen molar-refractivity contribution in [2.75, 3.05) is 31.1 Å². The van der Waals surface area contributed by atoms with E-state index in [-0.39, 0.29) is 0 Å². The topological polar surface area (TPSA) is 15.3 Å². The maximum atomic E-state index is 4.10. The predicted molar refractivity (Wildman–Crippen MR) is 63.0 cm³/mol. The van der Waals surface area contributed by atoms with Crippen molar-refractivity contribution in [3.63, 3.8) is 0 Å². The Labute approximate surface area is 91.3 Å². The summed E-state index contributed by atoms with van der Waals surface area (Å²) in [4.78, 5) is 2.50. The van der Waals surface area contributed by atoms with Crippen LogP contribution in [-0.4, -0.2) is 26.2 Å². The third kappa shape index (κ3) is 1.53. The number of hydrogen-bond acceptors (Lipinski definition) is 2. The number of anilines is 1. The van der Waals surface area contributed by atoms with Crippen LogP contribution in [0, 0.1) is 18.8 Å². The van der Waals surface area contributed by atoms with E-state index in [1.807, 2.05) is 0 Å². The number of benzene rings is 1. The zero-order chi connectivity index (χ0) is 10.3. The lowest BCUT2D eigenvalue weighted by Crippen LogP contribution is -2.25. The number of para-hydroxylation sites is 1. The molecule has 2 aliphatic heterocycles. The van der Waals surface area contributed by atoms with Crippen LogP contribution in [0.25, 0.3) is 0 Å². The predicted octanol–water partition coefficient (Wildman–Crippen LogP) is 1.52. The lowest BCUT2D eigenvalue weighted by atomic mass is 10.0. The Morgan fingerprint density at radius 1 is 1.13 bits per heavy atom. The molecule has 1 N–H and O–H groups in total. The smallest absolute Gasteiger partial charge is 0.0399 e. The van der Waals surface area contributed by atoms with Crippen molar-refractivity contribution in [3.05, 3.63) is 36.8 Å². The van der Waals surface area contributed by atoms with E-state index in [1.54, 1.807) is 0 Å². The standard InChI is InChI=1S/C13H17N2/c1-10-4-2-3-5-13(10)15-8-11-6-14-7-12(11)9-15/h2-5,11-12,14H,1,6-9H2. The minimum Gasteiger partial charge on any atom is -0.371 e. The maximum Gasteiger partial charge on any atom is 0.0399 e. The van der Waals surface area contributed by atoms with Crippen LogP contribution in [0.1, 0.15) is 5.56 Å². The highest BCUT2D eigenvalue weighted by Crippen LogP contribution is 2.31. The third-order valence-corrected chi connectivity index (χ3v) is 3.72. The van der Waals surface area contributed by atoms with E-state index < -0.39 is 0 Å². The minimum absolute atomic E-state index is 0.851. The quantitative estimate of drug-likeness (QED) is 0.741. The van der Waals surface area contributed by atoms with E-state index in [0.717, 1.165) is 17.4 Å². The van der Waals surface area contributed by atoms with Gasteiger partial charge in [-0.2, -0.15) is 0 Å². The van der Waals surface area contributed by atoms with Crippen LogP contribution in [0.4, 0.5) is 5.69 Å². The number of rotatable bonds is 1. The summed E-state index contributed by atoms with van der Waals surface area (Å²) in [6.07, 6.45) is 0. The average Bonchev–Trinajstić information content (AvgIpc) is 2.77. The molecule has 2 unspecified atom stereocenters. The molecule has 0 aromatic heterocycles. The third-order valence-electron chi connectivity index (χ3n) is 3.72. The Morgan fingerprint density at radius 3 is 2.47 bits per heavy atom. The van der Waals surface area contributed by atoms with Crippen molar-refractivity contribution in [3.8, 4) is 0 Å². The molecule has 0 amide bonds. The van der Waals surface area contributed by atoms with Crippen molar-refractivity contribution >= 4 is 5.69 Å². The number of fused-ring (bicyclic) bond motifs is 1. The van der Waals surface area contributed by atoms with E-state index in [1.165, 1.54) is 31.9 Å². The summed E-state index contributed by atoms with van der Waals surface area (Å²) in [6.45, 7) is 8.89. The summed E-state index contributed by atoms with van der Waals surface area (Å²) in [5, 5.41) is 3.47. The van der Waals surface area contributed by atoms with Crippen LogP contribution in [0.5, 0.6) is 0 Å². The molecule has 2 aliphatic rings. The van der Waals surface area contributed by atoms with Gasteiger partial charge in [0.05, 0.1) is 0 Å². The highest BCUT2D eigenvalue weighted by molar-refractivity contribution is 5.56. The molecule has 1 aromatic carbocycles. The molecule has 0 aliphatic carbocycles. The first-order valence-corrected chi connectivity index (χ1v) is 5.71. The second-order valence-corrected chi connectivity index (χ2v) is 4.71. The van der Waals surface area contributed by atoms with E-state index >= 15 is 0 Å². The fraction of sp³-hybridized carbons (Fsp3) is 0.462. The van der Waals surface area contributed by atoms with Gasteiger partial charge >= 0.3 is 0 Å². The molecule has 2 heteroatoms. The average molecular weight is 201 g/mol. The normalized spacial score (nSPS) is 29.5. The Morgan fingerprint density at radius 2 is 1.80 bits per heavy atom. The van der Waals surface area contributed by atoms with Crippen molar-refractivity contribution in [1.82, 2.24) is 5.32 Å². The highest BCUT2D eigenvalue weighted by Gasteiger charge is 2.36. The summed E-state index contributed by atoms with van der Waals surface area (Å²) >= 11 is 0. The number of nitrogens with one attached hydrogen (secondary N) is 1. The van der Waals surface area contributed by atoms with Gasteiger partial charge in [-0.3, -0.25) is 0 Å². The molecule has 1 radical (unpaired) electrons. The monoisotopic (exact) mass is 201 g/mol. The van der Waals surface area contributed by atoms with Gasteiger partial charge in [-0.25, -0.2) is 0 Å². The fourth-order valence-electron chi connectivity index (χ4n) is 2.87. The minimum atomic E-state index is 0.851. The van der Waals surface area contributed by atoms with Gasteiger partial charge in [0.25, 0.3) is 0 Å². The molecule has 2 atom stereocenters. The van der Waals surface area contributed by atoms with Crippen molar-refractivity contribution in [2.45, 2.75) is 0 Å². The van der Waals surface area contributed by atoms with Crippen LogP contribution >= 0.6 is 0 Å². The van der Waals surface area contributed by atoms with Gasteiger partial charge in [0, 0.05) is 31.9 Å². The second-order valence-electron chi connectivity index (χ2n) is 4.71. The zero-order valence-electron chi connectivity index (χ0n) is 8.95. The molecule has 79 valence electrons. The molecule has 2 nitrogen and oxygen atoms in total. The molecule has 0 saturated carbocycles. The van der Waals surface area contributed by atoms with E-state index in [4.69, 9.17) is 0 Å². The first kappa shape index (κ1) is 9.22. The molecule has 2 saturated heterocycles. The van der Waals surface area contributed by atoms with Gasteiger partial charge in [0.15, 0.2) is 0 Å². The lowest BCUT2D eigenvalue weighted by molar-refractivity contribution is 0.533. The Hall–Kier alpha value is -1.02. The summed E-state index contributed by atoms with van der Waals surface area (Å²) in [5.41, 5.74) is 2.48. The van der Waals surface area contributed by atoms with Gasteiger partial charge in [0.2, 0.25) is 0 Å². The SMILES string of the molecule is [CH2]c1ccccc1N1CC2CNCC2C1. The molecule has 15 heavy (non-hydrogen) atoms. The summed E-state index contributed by atoms with van der Waals surface area (Å²) in [6, 6.07) is 8.46. The molecule has 2 fully saturated rings. The number of hydrogen-bond donors (Lipinski definition) is 1. The molecule has 1 aromatic rings. The molecule has 0 bridgehead atoms.